The fraction of sp³-hybridized carbons (Fsp3) is 0.357. The Kier molecular flexibility index (Phi) is 4.99. The van der Waals surface area contributed by atoms with Crippen LogP contribution in [0.4, 0.5) is 13.2 Å². The van der Waals surface area contributed by atoms with Crippen LogP contribution >= 0.6 is 0 Å². The number of amides is 1. The SMILES string of the molecule is Cc1c(C(=O)NCCCN)cnn1-c1ccc(C(F)(F)F)cn1. The first-order chi connectivity index (χ1) is 10.8. The Labute approximate surface area is 130 Å². The minimum Gasteiger partial charge on any atom is -0.352 e. The Morgan fingerprint density at radius 1 is 1.35 bits per heavy atom. The van der Waals surface area contributed by atoms with E-state index >= 15 is 0 Å². The molecule has 0 saturated heterocycles. The fourth-order valence-electron chi connectivity index (χ4n) is 1.94. The highest BCUT2D eigenvalue weighted by molar-refractivity contribution is 5.95. The first-order valence-corrected chi connectivity index (χ1v) is 6.91. The van der Waals surface area contributed by atoms with Crippen LogP contribution < -0.4 is 11.1 Å². The highest BCUT2D eigenvalue weighted by atomic mass is 19.4. The third kappa shape index (κ3) is 3.86. The third-order valence-corrected chi connectivity index (χ3v) is 3.21. The second-order valence-corrected chi connectivity index (χ2v) is 4.86. The van der Waals surface area contributed by atoms with Crippen LogP contribution in [0.25, 0.3) is 5.82 Å². The van der Waals surface area contributed by atoms with Crippen LogP contribution in [0, 0.1) is 6.92 Å². The number of pyridine rings is 1. The van der Waals surface area contributed by atoms with Gasteiger partial charge < -0.3 is 11.1 Å². The molecule has 2 aromatic heterocycles. The zero-order valence-corrected chi connectivity index (χ0v) is 12.4. The van der Waals surface area contributed by atoms with E-state index in [9.17, 15) is 18.0 Å². The quantitative estimate of drug-likeness (QED) is 0.818. The molecule has 0 spiro atoms. The van der Waals surface area contributed by atoms with Gasteiger partial charge in [0.2, 0.25) is 0 Å². The largest absolute Gasteiger partial charge is 0.417 e. The highest BCUT2D eigenvalue weighted by Gasteiger charge is 2.30. The lowest BCUT2D eigenvalue weighted by atomic mass is 10.2. The smallest absolute Gasteiger partial charge is 0.352 e. The summed E-state index contributed by atoms with van der Waals surface area (Å²) in [4.78, 5) is 15.8. The zero-order valence-electron chi connectivity index (χ0n) is 12.4. The monoisotopic (exact) mass is 327 g/mol. The van der Waals surface area contributed by atoms with Crippen molar-refractivity contribution in [2.75, 3.05) is 13.1 Å². The van der Waals surface area contributed by atoms with Gasteiger partial charge in [0.15, 0.2) is 5.82 Å². The summed E-state index contributed by atoms with van der Waals surface area (Å²) in [6.07, 6.45) is -1.71. The maximum Gasteiger partial charge on any atom is 0.417 e. The van der Waals surface area contributed by atoms with E-state index in [0.717, 1.165) is 12.3 Å². The molecule has 0 aliphatic rings. The number of halogens is 3. The molecule has 0 fully saturated rings. The van der Waals surface area contributed by atoms with E-state index in [1.54, 1.807) is 6.92 Å². The maximum absolute atomic E-state index is 12.5. The van der Waals surface area contributed by atoms with Crippen LogP contribution in [0.1, 0.15) is 28.0 Å². The van der Waals surface area contributed by atoms with E-state index in [4.69, 9.17) is 5.73 Å². The van der Waals surface area contributed by atoms with Crippen molar-refractivity contribution in [2.24, 2.45) is 5.73 Å². The Hall–Kier alpha value is -2.42. The standard InChI is InChI=1S/C14H16F3N5O/c1-9-11(13(23)19-6-2-5-18)8-21-22(9)12-4-3-10(7-20-12)14(15,16)17/h3-4,7-8H,2,5-6,18H2,1H3,(H,19,23). The van der Waals surface area contributed by atoms with Crippen LogP contribution in [-0.2, 0) is 6.18 Å². The molecule has 0 atom stereocenters. The Bertz CT molecular complexity index is 679. The van der Waals surface area contributed by atoms with Crippen molar-refractivity contribution < 1.29 is 18.0 Å². The van der Waals surface area contributed by atoms with Crippen LogP contribution in [0.5, 0.6) is 0 Å². The minimum atomic E-state index is -4.45. The van der Waals surface area contributed by atoms with Crippen molar-refractivity contribution in [3.05, 3.63) is 41.3 Å². The average molecular weight is 327 g/mol. The summed E-state index contributed by atoms with van der Waals surface area (Å²) >= 11 is 0. The second-order valence-electron chi connectivity index (χ2n) is 4.86. The summed E-state index contributed by atoms with van der Waals surface area (Å²) in [6, 6.07) is 2.13. The van der Waals surface area contributed by atoms with E-state index in [-0.39, 0.29) is 11.7 Å². The molecule has 3 N–H and O–H groups in total. The lowest BCUT2D eigenvalue weighted by Gasteiger charge is -2.08. The summed E-state index contributed by atoms with van der Waals surface area (Å²) in [5.41, 5.74) is 5.33. The number of hydrogen-bond acceptors (Lipinski definition) is 4. The molecule has 0 radical (unpaired) electrons. The fourth-order valence-corrected chi connectivity index (χ4v) is 1.94. The molecule has 2 rings (SSSR count). The minimum absolute atomic E-state index is 0.205. The van der Waals surface area contributed by atoms with Gasteiger partial charge in [0, 0.05) is 12.7 Å². The molecule has 0 aliphatic carbocycles. The topological polar surface area (TPSA) is 85.8 Å². The summed E-state index contributed by atoms with van der Waals surface area (Å²) < 4.78 is 38.9. The van der Waals surface area contributed by atoms with Gasteiger partial charge >= 0.3 is 6.18 Å². The normalized spacial score (nSPS) is 11.5. The van der Waals surface area contributed by atoms with Gasteiger partial charge in [-0.3, -0.25) is 4.79 Å². The van der Waals surface area contributed by atoms with Gasteiger partial charge in [-0.1, -0.05) is 0 Å². The molecule has 0 saturated carbocycles. The molecular weight excluding hydrogens is 311 g/mol. The first kappa shape index (κ1) is 16.9. The number of rotatable bonds is 5. The number of carbonyl (C=O) groups is 1. The van der Waals surface area contributed by atoms with Gasteiger partial charge in [0.05, 0.1) is 23.0 Å². The van der Waals surface area contributed by atoms with Crippen LogP contribution in [-0.4, -0.2) is 33.8 Å². The average Bonchev–Trinajstić information content (AvgIpc) is 2.88. The van der Waals surface area contributed by atoms with Crippen molar-refractivity contribution >= 4 is 5.91 Å². The Morgan fingerprint density at radius 3 is 2.65 bits per heavy atom. The van der Waals surface area contributed by atoms with Gasteiger partial charge in [0.1, 0.15) is 0 Å². The molecule has 0 unspecified atom stereocenters. The van der Waals surface area contributed by atoms with Gasteiger partial charge in [-0.15, -0.1) is 0 Å². The van der Waals surface area contributed by atoms with Crippen molar-refractivity contribution in [3.8, 4) is 5.82 Å². The molecule has 6 nitrogen and oxygen atoms in total. The van der Waals surface area contributed by atoms with Gasteiger partial charge in [-0.05, 0) is 32.0 Å². The van der Waals surface area contributed by atoms with Gasteiger partial charge in [-0.2, -0.15) is 18.3 Å². The summed E-state index contributed by atoms with van der Waals surface area (Å²) in [7, 11) is 0. The van der Waals surface area contributed by atoms with Crippen molar-refractivity contribution in [3.63, 3.8) is 0 Å². The molecule has 0 bridgehead atoms. The number of nitrogens with two attached hydrogens (primary N) is 1. The number of aromatic nitrogens is 3. The number of carbonyl (C=O) groups excluding carboxylic acids is 1. The van der Waals surface area contributed by atoms with Gasteiger partial charge in [-0.25, -0.2) is 9.67 Å². The number of alkyl halides is 3. The molecule has 2 aromatic rings. The van der Waals surface area contributed by atoms with Crippen LogP contribution in [0.2, 0.25) is 0 Å². The van der Waals surface area contributed by atoms with E-state index in [1.165, 1.54) is 16.9 Å². The predicted octanol–water partition coefficient (Wildman–Crippen LogP) is 1.67. The lowest BCUT2D eigenvalue weighted by molar-refractivity contribution is -0.137. The van der Waals surface area contributed by atoms with Crippen molar-refractivity contribution in [1.82, 2.24) is 20.1 Å². The highest BCUT2D eigenvalue weighted by Crippen LogP contribution is 2.28. The molecule has 9 heteroatoms. The second kappa shape index (κ2) is 6.78. The molecule has 1 amide bonds. The van der Waals surface area contributed by atoms with E-state index in [2.05, 4.69) is 15.4 Å². The van der Waals surface area contributed by atoms with Crippen molar-refractivity contribution in [2.45, 2.75) is 19.5 Å². The first-order valence-electron chi connectivity index (χ1n) is 6.91. The zero-order chi connectivity index (χ0) is 17.0. The summed E-state index contributed by atoms with van der Waals surface area (Å²) in [5, 5.41) is 6.71. The van der Waals surface area contributed by atoms with Crippen molar-refractivity contribution in [1.29, 1.82) is 0 Å². The number of hydrogen-bond donors (Lipinski definition) is 2. The molecule has 2 heterocycles. The molecule has 124 valence electrons. The molecule has 23 heavy (non-hydrogen) atoms. The number of nitrogens with zero attached hydrogens (tertiary/aromatic N) is 3. The lowest BCUT2D eigenvalue weighted by Crippen LogP contribution is -2.26. The predicted molar refractivity (Wildman–Crippen MR) is 77.1 cm³/mol. The maximum atomic E-state index is 12.5. The Balaban J connectivity index is 2.20. The molecule has 0 aromatic carbocycles. The Morgan fingerprint density at radius 2 is 2.09 bits per heavy atom. The van der Waals surface area contributed by atoms with Crippen LogP contribution in [0.3, 0.4) is 0 Å². The van der Waals surface area contributed by atoms with Crippen LogP contribution in [0.15, 0.2) is 24.5 Å². The summed E-state index contributed by atoms with van der Waals surface area (Å²) in [6.45, 7) is 2.55. The van der Waals surface area contributed by atoms with E-state index in [1.807, 2.05) is 0 Å². The number of nitrogens with one attached hydrogen (secondary N) is 1. The van der Waals surface area contributed by atoms with E-state index < -0.39 is 11.7 Å². The van der Waals surface area contributed by atoms with E-state index in [0.29, 0.717) is 30.8 Å². The molecular formula is C14H16F3N5O. The van der Waals surface area contributed by atoms with Gasteiger partial charge in [0.25, 0.3) is 5.91 Å². The molecule has 0 aliphatic heterocycles. The third-order valence-electron chi connectivity index (χ3n) is 3.21. The summed E-state index contributed by atoms with van der Waals surface area (Å²) in [5.74, 6) is -0.106.